The first-order valence-electron chi connectivity index (χ1n) is 12.1. The molecule has 1 fully saturated rings. The number of aliphatic carboxylic acids is 2. The van der Waals surface area contributed by atoms with Crippen LogP contribution in [-0.2, 0) is 26.2 Å². The number of carboxylic acids is 2. The van der Waals surface area contributed by atoms with Crippen molar-refractivity contribution in [1.29, 1.82) is 0 Å². The van der Waals surface area contributed by atoms with E-state index < -0.39 is 36.4 Å². The second kappa shape index (κ2) is 12.4. The molecule has 0 radical (unpaired) electrons. The number of hydrogen-bond acceptors (Lipinski definition) is 6. The molecule has 0 bridgehead atoms. The summed E-state index contributed by atoms with van der Waals surface area (Å²) in [6.45, 7) is 0.366. The fourth-order valence-electron chi connectivity index (χ4n) is 4.98. The van der Waals surface area contributed by atoms with Crippen molar-refractivity contribution in [3.8, 4) is 11.5 Å². The van der Waals surface area contributed by atoms with Crippen LogP contribution in [0.15, 0.2) is 48.5 Å². The van der Waals surface area contributed by atoms with Gasteiger partial charge in [-0.3, -0.25) is 9.59 Å². The molecular formula is C27H34N2O7. The van der Waals surface area contributed by atoms with E-state index in [1.165, 1.54) is 7.11 Å². The monoisotopic (exact) mass is 498 g/mol. The molecule has 0 aliphatic heterocycles. The average molecular weight is 499 g/mol. The number of aromatic hydroxyl groups is 1. The predicted molar refractivity (Wildman–Crippen MR) is 133 cm³/mol. The second-order valence-electron chi connectivity index (χ2n) is 9.32. The Balaban J connectivity index is 1.68. The molecule has 36 heavy (non-hydrogen) atoms. The Morgan fingerprint density at radius 3 is 2.33 bits per heavy atom. The number of carbonyl (C=O) groups excluding carboxylic acids is 1. The van der Waals surface area contributed by atoms with E-state index >= 15 is 0 Å². The largest absolute Gasteiger partial charge is 0.504 e. The Hall–Kier alpha value is -3.59. The van der Waals surface area contributed by atoms with E-state index in [9.17, 15) is 29.7 Å². The lowest BCUT2D eigenvalue weighted by atomic mass is 9.76. The lowest BCUT2D eigenvalue weighted by molar-refractivity contribution is -0.143. The molecule has 2 atom stereocenters. The SMILES string of the molecule is COc1cc(C2(CCN[C@@H](CC(=O)O)C(=O)N[C@@H](Cc3ccccc3)C(=O)O)CCCC2)ccc1O. The summed E-state index contributed by atoms with van der Waals surface area (Å²) in [4.78, 5) is 36.2. The number of phenolic OH excluding ortho intramolecular Hbond substituents is 1. The summed E-state index contributed by atoms with van der Waals surface area (Å²) in [5.41, 5.74) is 1.60. The molecule has 3 rings (SSSR count). The van der Waals surface area contributed by atoms with Gasteiger partial charge in [-0.1, -0.05) is 49.2 Å². The highest BCUT2D eigenvalue weighted by atomic mass is 16.5. The number of nitrogens with one attached hydrogen (secondary N) is 2. The molecule has 0 saturated heterocycles. The van der Waals surface area contributed by atoms with Gasteiger partial charge < -0.3 is 30.7 Å². The van der Waals surface area contributed by atoms with Crippen molar-refractivity contribution in [2.45, 2.75) is 62.4 Å². The Bertz CT molecular complexity index is 1050. The zero-order valence-electron chi connectivity index (χ0n) is 20.4. The number of carboxylic acid groups (broad SMARTS) is 2. The van der Waals surface area contributed by atoms with E-state index in [-0.39, 0.29) is 17.6 Å². The van der Waals surface area contributed by atoms with Gasteiger partial charge in [-0.15, -0.1) is 0 Å². The lowest BCUT2D eigenvalue weighted by Gasteiger charge is -2.31. The highest BCUT2D eigenvalue weighted by Crippen LogP contribution is 2.45. The third-order valence-electron chi connectivity index (χ3n) is 6.94. The normalized spacial score (nSPS) is 16.1. The molecule has 9 heteroatoms. The Labute approximate surface area is 210 Å². The number of hydrogen-bond donors (Lipinski definition) is 5. The van der Waals surface area contributed by atoms with Crippen LogP contribution < -0.4 is 15.4 Å². The first kappa shape index (κ1) is 27.0. The molecular weight excluding hydrogens is 464 g/mol. The van der Waals surface area contributed by atoms with E-state index in [4.69, 9.17) is 4.74 Å². The quantitative estimate of drug-likeness (QED) is 0.283. The molecule has 194 valence electrons. The van der Waals surface area contributed by atoms with E-state index in [0.29, 0.717) is 18.7 Å². The maximum atomic E-state index is 12.9. The molecule has 1 saturated carbocycles. The van der Waals surface area contributed by atoms with Crippen LogP contribution in [0, 0.1) is 0 Å². The van der Waals surface area contributed by atoms with Gasteiger partial charge in [-0.05, 0) is 54.5 Å². The summed E-state index contributed by atoms with van der Waals surface area (Å²) in [7, 11) is 1.50. The summed E-state index contributed by atoms with van der Waals surface area (Å²) in [5, 5.41) is 34.5. The topological polar surface area (TPSA) is 145 Å². The number of methoxy groups -OCH3 is 1. The molecule has 1 aliphatic rings. The summed E-state index contributed by atoms with van der Waals surface area (Å²) in [6.07, 6.45) is 4.21. The number of phenols is 1. The predicted octanol–water partition coefficient (Wildman–Crippen LogP) is 2.85. The standard InChI is InChI=1S/C27H34N2O7/c1-36-23-16-19(9-10-22(23)30)27(11-5-6-12-27)13-14-28-20(17-24(31)32)25(33)29-21(26(34)35)15-18-7-3-2-4-8-18/h2-4,7-10,16,20-21,28,30H,5-6,11-15,17H2,1H3,(H,29,33)(H,31,32)(H,34,35)/t20-,21-/m0/s1. The van der Waals surface area contributed by atoms with Crippen LogP contribution in [0.5, 0.6) is 11.5 Å². The van der Waals surface area contributed by atoms with E-state index in [1.54, 1.807) is 30.3 Å². The van der Waals surface area contributed by atoms with Gasteiger partial charge in [0.05, 0.1) is 19.6 Å². The molecule has 2 aromatic carbocycles. The first-order valence-corrected chi connectivity index (χ1v) is 12.1. The molecule has 1 aliphatic carbocycles. The number of amides is 1. The number of ether oxygens (including phenoxy) is 1. The van der Waals surface area contributed by atoms with Crippen LogP contribution in [0.25, 0.3) is 0 Å². The minimum absolute atomic E-state index is 0.0641. The van der Waals surface area contributed by atoms with Gasteiger partial charge in [0.2, 0.25) is 5.91 Å². The summed E-state index contributed by atoms with van der Waals surface area (Å²) in [6, 6.07) is 12.0. The summed E-state index contributed by atoms with van der Waals surface area (Å²) in [5.74, 6) is -2.54. The van der Waals surface area contributed by atoms with Gasteiger partial charge in [-0.25, -0.2) is 4.79 Å². The maximum Gasteiger partial charge on any atom is 0.326 e. The zero-order valence-corrected chi connectivity index (χ0v) is 20.4. The smallest absolute Gasteiger partial charge is 0.326 e. The Morgan fingerprint density at radius 1 is 1.03 bits per heavy atom. The molecule has 5 N–H and O–H groups in total. The van der Waals surface area contributed by atoms with Gasteiger partial charge in [-0.2, -0.15) is 0 Å². The molecule has 1 amide bonds. The van der Waals surface area contributed by atoms with Gasteiger partial charge in [0, 0.05) is 6.42 Å². The molecule has 0 spiro atoms. The Kier molecular flexibility index (Phi) is 9.30. The maximum absolute atomic E-state index is 12.9. The second-order valence-corrected chi connectivity index (χ2v) is 9.32. The minimum Gasteiger partial charge on any atom is -0.504 e. The van der Waals surface area contributed by atoms with Crippen molar-refractivity contribution in [3.05, 3.63) is 59.7 Å². The van der Waals surface area contributed by atoms with Gasteiger partial charge in [0.1, 0.15) is 6.04 Å². The van der Waals surface area contributed by atoms with Gasteiger partial charge in [0.15, 0.2) is 11.5 Å². The zero-order chi connectivity index (χ0) is 26.1. The molecule has 2 aromatic rings. The number of benzene rings is 2. The van der Waals surface area contributed by atoms with Gasteiger partial charge >= 0.3 is 11.9 Å². The third-order valence-corrected chi connectivity index (χ3v) is 6.94. The van der Waals surface area contributed by atoms with E-state index in [1.807, 2.05) is 18.2 Å². The van der Waals surface area contributed by atoms with Crippen molar-refractivity contribution in [2.75, 3.05) is 13.7 Å². The van der Waals surface area contributed by atoms with Crippen LogP contribution >= 0.6 is 0 Å². The Morgan fingerprint density at radius 2 is 1.72 bits per heavy atom. The molecule has 0 aromatic heterocycles. The fourth-order valence-corrected chi connectivity index (χ4v) is 4.98. The van der Waals surface area contributed by atoms with E-state index in [0.717, 1.165) is 36.8 Å². The number of rotatable bonds is 13. The highest BCUT2D eigenvalue weighted by Gasteiger charge is 2.36. The number of carbonyl (C=O) groups is 3. The van der Waals surface area contributed by atoms with Crippen molar-refractivity contribution in [3.63, 3.8) is 0 Å². The summed E-state index contributed by atoms with van der Waals surface area (Å²) >= 11 is 0. The molecule has 9 nitrogen and oxygen atoms in total. The molecule has 0 heterocycles. The van der Waals surface area contributed by atoms with E-state index in [2.05, 4.69) is 10.6 Å². The fraction of sp³-hybridized carbons (Fsp3) is 0.444. The van der Waals surface area contributed by atoms with Crippen LogP contribution in [0.3, 0.4) is 0 Å². The highest BCUT2D eigenvalue weighted by molar-refractivity contribution is 5.89. The van der Waals surface area contributed by atoms with Crippen molar-refractivity contribution >= 4 is 17.8 Å². The van der Waals surface area contributed by atoms with Crippen molar-refractivity contribution < 1.29 is 34.4 Å². The first-order chi connectivity index (χ1) is 17.2. The van der Waals surface area contributed by atoms with Crippen LogP contribution in [0.2, 0.25) is 0 Å². The van der Waals surface area contributed by atoms with Gasteiger partial charge in [0.25, 0.3) is 0 Å². The van der Waals surface area contributed by atoms with Crippen LogP contribution in [0.1, 0.15) is 49.7 Å². The molecule has 0 unspecified atom stereocenters. The van der Waals surface area contributed by atoms with Crippen molar-refractivity contribution in [1.82, 2.24) is 10.6 Å². The van der Waals surface area contributed by atoms with Crippen molar-refractivity contribution in [2.24, 2.45) is 0 Å². The average Bonchev–Trinajstić information content (AvgIpc) is 3.33. The van der Waals surface area contributed by atoms with Crippen LogP contribution in [0.4, 0.5) is 0 Å². The lowest BCUT2D eigenvalue weighted by Crippen LogP contribution is -2.52. The third kappa shape index (κ3) is 6.97. The summed E-state index contributed by atoms with van der Waals surface area (Å²) < 4.78 is 5.28. The minimum atomic E-state index is -1.19. The van der Waals surface area contributed by atoms with Crippen LogP contribution in [-0.4, -0.2) is 58.9 Å².